The van der Waals surface area contributed by atoms with Gasteiger partial charge in [0.05, 0.1) is 24.3 Å². The molecule has 1 aliphatic rings. The van der Waals surface area contributed by atoms with E-state index in [0.29, 0.717) is 48.8 Å². The minimum absolute atomic E-state index is 0.110. The van der Waals surface area contributed by atoms with Crippen molar-refractivity contribution in [2.75, 3.05) is 20.2 Å². The Bertz CT molecular complexity index is 1110. The van der Waals surface area contributed by atoms with Crippen molar-refractivity contribution in [1.29, 1.82) is 0 Å². The lowest BCUT2D eigenvalue weighted by Gasteiger charge is -2.31. The summed E-state index contributed by atoms with van der Waals surface area (Å²) in [6, 6.07) is 12.5. The molecule has 0 aliphatic carbocycles. The monoisotopic (exact) mass is 429 g/mol. The number of aromatic nitrogens is 2. The van der Waals surface area contributed by atoms with Gasteiger partial charge in [-0.3, -0.25) is 9.89 Å². The number of benzene rings is 1. The van der Waals surface area contributed by atoms with Crippen molar-refractivity contribution in [3.8, 4) is 17.0 Å². The third kappa shape index (κ3) is 4.11. The molecule has 1 fully saturated rings. The summed E-state index contributed by atoms with van der Waals surface area (Å²) >= 11 is 0. The quantitative estimate of drug-likeness (QED) is 0.646. The number of piperidine rings is 1. The number of likely N-dealkylation sites (tertiary alicyclic amines) is 1. The van der Waals surface area contributed by atoms with Gasteiger partial charge in [-0.25, -0.2) is 8.42 Å². The molecule has 1 saturated heterocycles. The lowest BCUT2D eigenvalue weighted by atomic mass is 10.1. The van der Waals surface area contributed by atoms with Gasteiger partial charge in [0, 0.05) is 18.7 Å². The number of rotatable bonds is 6. The Labute approximate surface area is 174 Å². The van der Waals surface area contributed by atoms with Crippen LogP contribution in [0.4, 0.5) is 0 Å². The molecule has 1 amide bonds. The van der Waals surface area contributed by atoms with Crippen LogP contribution in [0, 0.1) is 0 Å². The Morgan fingerprint density at radius 2 is 2.00 bits per heavy atom. The number of sulfone groups is 1. The fraction of sp³-hybridized carbons (Fsp3) is 0.333. The Kier molecular flexibility index (Phi) is 5.63. The summed E-state index contributed by atoms with van der Waals surface area (Å²) in [5.74, 6) is 0.812. The number of furan rings is 1. The van der Waals surface area contributed by atoms with E-state index in [-0.39, 0.29) is 11.7 Å². The molecule has 3 aromatic rings. The van der Waals surface area contributed by atoms with Crippen LogP contribution in [-0.2, 0) is 15.6 Å². The lowest BCUT2D eigenvalue weighted by molar-refractivity contribution is 0.0719. The zero-order valence-corrected chi connectivity index (χ0v) is 17.4. The highest BCUT2D eigenvalue weighted by Crippen LogP contribution is 2.29. The largest absolute Gasteiger partial charge is 0.496 e. The minimum atomic E-state index is -3.33. The van der Waals surface area contributed by atoms with E-state index in [1.54, 1.807) is 30.2 Å². The van der Waals surface area contributed by atoms with Crippen LogP contribution in [0.25, 0.3) is 11.3 Å². The van der Waals surface area contributed by atoms with Gasteiger partial charge in [-0.2, -0.15) is 5.10 Å². The SMILES string of the molecule is COc1ccccc1-c1cc(C(=O)N2CCC(S(=O)(=O)Cc3ccco3)CC2)[nH]n1. The Morgan fingerprint density at radius 3 is 2.70 bits per heavy atom. The smallest absolute Gasteiger partial charge is 0.271 e. The maximum Gasteiger partial charge on any atom is 0.271 e. The Balaban J connectivity index is 1.41. The first-order valence-corrected chi connectivity index (χ1v) is 11.4. The van der Waals surface area contributed by atoms with Crippen molar-refractivity contribution < 1.29 is 22.4 Å². The predicted molar refractivity (Wildman–Crippen MR) is 111 cm³/mol. The number of methoxy groups -OCH3 is 1. The summed E-state index contributed by atoms with van der Waals surface area (Å²) in [5.41, 5.74) is 1.78. The first kappa shape index (κ1) is 20.2. The van der Waals surface area contributed by atoms with Crippen molar-refractivity contribution in [3.63, 3.8) is 0 Å². The second kappa shape index (κ2) is 8.35. The van der Waals surface area contributed by atoms with Crippen molar-refractivity contribution in [2.24, 2.45) is 0 Å². The predicted octanol–water partition coefficient (Wildman–Crippen LogP) is 2.90. The normalized spacial score (nSPS) is 15.3. The second-order valence-corrected chi connectivity index (χ2v) is 9.53. The zero-order chi connectivity index (χ0) is 21.1. The third-order valence-corrected chi connectivity index (χ3v) is 7.53. The van der Waals surface area contributed by atoms with E-state index < -0.39 is 15.1 Å². The lowest BCUT2D eigenvalue weighted by Crippen LogP contribution is -2.42. The van der Waals surface area contributed by atoms with E-state index in [9.17, 15) is 13.2 Å². The molecule has 1 N–H and O–H groups in total. The molecule has 8 nitrogen and oxygen atoms in total. The molecule has 0 bridgehead atoms. The molecule has 0 radical (unpaired) electrons. The van der Waals surface area contributed by atoms with Gasteiger partial charge in [0.15, 0.2) is 9.84 Å². The first-order chi connectivity index (χ1) is 14.5. The number of para-hydroxylation sites is 1. The highest BCUT2D eigenvalue weighted by atomic mass is 32.2. The standard InChI is InChI=1S/C21H23N3O5S/c1-28-20-7-3-2-6-17(20)18-13-19(23-22-18)21(25)24-10-8-16(9-11-24)30(26,27)14-15-5-4-12-29-15/h2-7,12-13,16H,8-11,14H2,1H3,(H,22,23). The minimum Gasteiger partial charge on any atom is -0.496 e. The van der Waals surface area contributed by atoms with Gasteiger partial charge in [-0.1, -0.05) is 12.1 Å². The molecular formula is C21H23N3O5S. The summed E-state index contributed by atoms with van der Waals surface area (Å²) in [4.78, 5) is 14.5. The van der Waals surface area contributed by atoms with Gasteiger partial charge in [-0.05, 0) is 43.2 Å². The summed E-state index contributed by atoms with van der Waals surface area (Å²) in [6.07, 6.45) is 2.28. The zero-order valence-electron chi connectivity index (χ0n) is 16.6. The van der Waals surface area contributed by atoms with Gasteiger partial charge in [0.1, 0.15) is 23.0 Å². The highest BCUT2D eigenvalue weighted by Gasteiger charge is 2.33. The average molecular weight is 429 g/mol. The molecule has 0 spiro atoms. The number of amides is 1. The number of H-pyrrole nitrogens is 1. The van der Waals surface area contributed by atoms with Crippen LogP contribution in [0.15, 0.2) is 53.1 Å². The van der Waals surface area contributed by atoms with Crippen molar-refractivity contribution in [3.05, 3.63) is 60.2 Å². The Hall–Kier alpha value is -3.07. The summed E-state index contributed by atoms with van der Waals surface area (Å²) in [5, 5.41) is 6.57. The summed E-state index contributed by atoms with van der Waals surface area (Å²) < 4.78 is 35.8. The van der Waals surface area contributed by atoms with Crippen LogP contribution in [0.3, 0.4) is 0 Å². The molecule has 2 aromatic heterocycles. The number of ether oxygens (including phenoxy) is 1. The number of nitrogens with one attached hydrogen (secondary N) is 1. The molecule has 4 rings (SSSR count). The van der Waals surface area contributed by atoms with Crippen LogP contribution in [-0.4, -0.2) is 54.9 Å². The van der Waals surface area contributed by atoms with Crippen molar-refractivity contribution in [2.45, 2.75) is 23.8 Å². The molecule has 1 aromatic carbocycles. The molecule has 0 saturated carbocycles. The highest BCUT2D eigenvalue weighted by molar-refractivity contribution is 7.91. The number of carbonyl (C=O) groups is 1. The molecule has 1 aliphatic heterocycles. The molecular weight excluding hydrogens is 406 g/mol. The van der Waals surface area contributed by atoms with Crippen molar-refractivity contribution >= 4 is 15.7 Å². The molecule has 3 heterocycles. The fourth-order valence-corrected chi connectivity index (χ4v) is 5.45. The van der Waals surface area contributed by atoms with Crippen LogP contribution in [0.2, 0.25) is 0 Å². The van der Waals surface area contributed by atoms with Gasteiger partial charge >= 0.3 is 0 Å². The number of hydrogen-bond acceptors (Lipinski definition) is 6. The molecule has 0 unspecified atom stereocenters. The molecule has 9 heteroatoms. The average Bonchev–Trinajstić information content (AvgIpc) is 3.45. The van der Waals surface area contributed by atoms with Gasteiger partial charge in [0.25, 0.3) is 5.91 Å². The van der Waals surface area contributed by atoms with Crippen LogP contribution >= 0.6 is 0 Å². The molecule has 0 atom stereocenters. The summed E-state index contributed by atoms with van der Waals surface area (Å²) in [6.45, 7) is 0.758. The number of nitrogens with zero attached hydrogens (tertiary/aromatic N) is 2. The van der Waals surface area contributed by atoms with Crippen LogP contribution < -0.4 is 4.74 Å². The van der Waals surface area contributed by atoms with Gasteiger partial charge in [0.2, 0.25) is 0 Å². The fourth-order valence-electron chi connectivity index (χ4n) is 3.72. The van der Waals surface area contributed by atoms with E-state index in [1.807, 2.05) is 24.3 Å². The van der Waals surface area contributed by atoms with E-state index in [2.05, 4.69) is 10.2 Å². The maximum absolute atomic E-state index is 12.9. The third-order valence-electron chi connectivity index (χ3n) is 5.35. The van der Waals surface area contributed by atoms with Crippen LogP contribution in [0.1, 0.15) is 29.1 Å². The van der Waals surface area contributed by atoms with Gasteiger partial charge < -0.3 is 14.1 Å². The molecule has 158 valence electrons. The van der Waals surface area contributed by atoms with E-state index in [1.165, 1.54) is 6.26 Å². The second-order valence-electron chi connectivity index (χ2n) is 7.25. The number of aromatic amines is 1. The van der Waals surface area contributed by atoms with Crippen molar-refractivity contribution in [1.82, 2.24) is 15.1 Å². The van der Waals surface area contributed by atoms with E-state index in [4.69, 9.17) is 9.15 Å². The summed E-state index contributed by atoms with van der Waals surface area (Å²) in [7, 11) is -1.74. The van der Waals surface area contributed by atoms with Crippen LogP contribution in [0.5, 0.6) is 5.75 Å². The van der Waals surface area contributed by atoms with E-state index in [0.717, 1.165) is 5.56 Å². The molecule has 30 heavy (non-hydrogen) atoms. The maximum atomic E-state index is 12.9. The van der Waals surface area contributed by atoms with E-state index >= 15 is 0 Å². The Morgan fingerprint density at radius 1 is 1.23 bits per heavy atom. The topological polar surface area (TPSA) is 105 Å². The number of carbonyl (C=O) groups excluding carboxylic acids is 1. The first-order valence-electron chi connectivity index (χ1n) is 9.70. The number of hydrogen-bond donors (Lipinski definition) is 1. The van der Waals surface area contributed by atoms with Gasteiger partial charge in [-0.15, -0.1) is 0 Å².